The molecule has 0 spiro atoms. The quantitative estimate of drug-likeness (QED) is 0.643. The lowest BCUT2D eigenvalue weighted by atomic mass is 10.1. The number of thiocarbonyl (C=S) groups is 1. The predicted molar refractivity (Wildman–Crippen MR) is 104 cm³/mol. The van der Waals surface area contributed by atoms with Crippen LogP contribution in [0.15, 0.2) is 42.7 Å². The van der Waals surface area contributed by atoms with Gasteiger partial charge in [-0.05, 0) is 36.0 Å². The molecule has 1 aromatic carbocycles. The van der Waals surface area contributed by atoms with E-state index in [9.17, 15) is 4.79 Å². The van der Waals surface area contributed by atoms with E-state index in [1.807, 2.05) is 30.3 Å². The van der Waals surface area contributed by atoms with Gasteiger partial charge in [0.05, 0.1) is 13.5 Å². The maximum Gasteiger partial charge on any atom is 0.309 e. The molecule has 1 fully saturated rings. The molecule has 0 atom stereocenters. The van der Waals surface area contributed by atoms with Gasteiger partial charge in [-0.1, -0.05) is 12.1 Å². The van der Waals surface area contributed by atoms with Crippen LogP contribution in [0.5, 0.6) is 0 Å². The van der Waals surface area contributed by atoms with Gasteiger partial charge >= 0.3 is 5.97 Å². The molecule has 26 heavy (non-hydrogen) atoms. The van der Waals surface area contributed by atoms with Gasteiger partial charge in [0.25, 0.3) is 0 Å². The van der Waals surface area contributed by atoms with Gasteiger partial charge in [0.2, 0.25) is 5.95 Å². The maximum absolute atomic E-state index is 11.3. The highest BCUT2D eigenvalue weighted by atomic mass is 32.1. The molecule has 3 rings (SSSR count). The molecule has 0 unspecified atom stereocenters. The van der Waals surface area contributed by atoms with Crippen molar-refractivity contribution in [1.82, 2.24) is 14.9 Å². The third-order valence-electron chi connectivity index (χ3n) is 4.18. The van der Waals surface area contributed by atoms with Crippen LogP contribution in [0.3, 0.4) is 0 Å². The van der Waals surface area contributed by atoms with Crippen LogP contribution >= 0.6 is 12.2 Å². The molecule has 0 aliphatic carbocycles. The second kappa shape index (κ2) is 8.57. The predicted octanol–water partition coefficient (Wildman–Crippen LogP) is 1.71. The second-order valence-electron chi connectivity index (χ2n) is 5.90. The Kier molecular flexibility index (Phi) is 5.96. The van der Waals surface area contributed by atoms with Crippen molar-refractivity contribution in [3.05, 3.63) is 48.3 Å². The lowest BCUT2D eigenvalue weighted by molar-refractivity contribution is -0.139. The van der Waals surface area contributed by atoms with E-state index in [4.69, 9.17) is 12.2 Å². The van der Waals surface area contributed by atoms with Crippen LogP contribution in [-0.4, -0.2) is 59.2 Å². The molecule has 1 aliphatic heterocycles. The molecule has 0 radical (unpaired) electrons. The average Bonchev–Trinajstić information content (AvgIpc) is 2.70. The number of hydrogen-bond donors (Lipinski definition) is 1. The topological polar surface area (TPSA) is 70.6 Å². The molecule has 7 nitrogen and oxygen atoms in total. The summed E-state index contributed by atoms with van der Waals surface area (Å²) in [5.41, 5.74) is 1.81. The number of rotatable bonds is 4. The zero-order chi connectivity index (χ0) is 18.4. The Morgan fingerprint density at radius 2 is 1.81 bits per heavy atom. The van der Waals surface area contributed by atoms with Crippen LogP contribution in [0, 0.1) is 0 Å². The Morgan fingerprint density at radius 3 is 2.42 bits per heavy atom. The van der Waals surface area contributed by atoms with Crippen LogP contribution in [0.1, 0.15) is 5.56 Å². The van der Waals surface area contributed by atoms with Gasteiger partial charge in [-0.3, -0.25) is 4.79 Å². The van der Waals surface area contributed by atoms with E-state index >= 15 is 0 Å². The van der Waals surface area contributed by atoms with Crippen LogP contribution in [0.2, 0.25) is 0 Å². The molecule has 0 amide bonds. The van der Waals surface area contributed by atoms with E-state index in [-0.39, 0.29) is 12.4 Å². The monoisotopic (exact) mass is 371 g/mol. The first-order valence-electron chi connectivity index (χ1n) is 8.39. The number of nitrogens with one attached hydrogen (secondary N) is 1. The van der Waals surface area contributed by atoms with Gasteiger partial charge < -0.3 is 19.9 Å². The third-order valence-corrected chi connectivity index (χ3v) is 4.54. The number of nitrogens with zero attached hydrogens (tertiary/aromatic N) is 4. The van der Waals surface area contributed by atoms with Crippen molar-refractivity contribution in [2.75, 3.05) is 43.5 Å². The standard InChI is InChI=1S/C18H21N5O2S/c1-25-16(24)13-14-3-5-15(6-4-14)21-18(26)23-11-9-22(10-12-23)17-19-7-2-8-20-17/h2-8H,9-13H2,1H3,(H,21,26). The first kappa shape index (κ1) is 18.1. The molecule has 1 aromatic heterocycles. The smallest absolute Gasteiger partial charge is 0.309 e. The lowest BCUT2D eigenvalue weighted by Crippen LogP contribution is -2.50. The first-order valence-corrected chi connectivity index (χ1v) is 8.80. The van der Waals surface area contributed by atoms with Crippen molar-refractivity contribution in [1.29, 1.82) is 0 Å². The summed E-state index contributed by atoms with van der Waals surface area (Å²) in [4.78, 5) is 24.2. The fourth-order valence-corrected chi connectivity index (χ4v) is 3.01. The largest absolute Gasteiger partial charge is 0.469 e. The molecular formula is C18H21N5O2S. The summed E-state index contributed by atoms with van der Waals surface area (Å²) in [5.74, 6) is 0.508. The Morgan fingerprint density at radius 1 is 1.15 bits per heavy atom. The van der Waals surface area contributed by atoms with Gasteiger partial charge in [0, 0.05) is 44.3 Å². The number of benzene rings is 1. The summed E-state index contributed by atoms with van der Waals surface area (Å²) >= 11 is 5.52. The molecular weight excluding hydrogens is 350 g/mol. The fraction of sp³-hybridized carbons (Fsp3) is 0.333. The van der Waals surface area contributed by atoms with E-state index in [0.717, 1.165) is 43.4 Å². The van der Waals surface area contributed by atoms with Crippen molar-refractivity contribution in [3.63, 3.8) is 0 Å². The maximum atomic E-state index is 11.3. The number of ether oxygens (including phenoxy) is 1. The molecule has 1 aliphatic rings. The van der Waals surface area contributed by atoms with E-state index in [1.165, 1.54) is 7.11 Å². The molecule has 1 N–H and O–H groups in total. The number of hydrogen-bond acceptors (Lipinski definition) is 6. The van der Waals surface area contributed by atoms with Gasteiger partial charge in [-0.25, -0.2) is 9.97 Å². The molecule has 0 saturated carbocycles. The third kappa shape index (κ3) is 4.66. The molecule has 1 saturated heterocycles. The summed E-state index contributed by atoms with van der Waals surface area (Å²) < 4.78 is 4.67. The van der Waals surface area contributed by atoms with Crippen LogP contribution in [0.4, 0.5) is 11.6 Å². The minimum atomic E-state index is -0.249. The average molecular weight is 371 g/mol. The number of carbonyl (C=O) groups is 1. The van der Waals surface area contributed by atoms with Crippen LogP contribution in [-0.2, 0) is 16.0 Å². The zero-order valence-electron chi connectivity index (χ0n) is 14.6. The van der Waals surface area contributed by atoms with Crippen LogP contribution < -0.4 is 10.2 Å². The number of anilines is 2. The van der Waals surface area contributed by atoms with Crippen molar-refractivity contribution >= 4 is 34.9 Å². The van der Waals surface area contributed by atoms with E-state index in [1.54, 1.807) is 12.4 Å². The number of aromatic nitrogens is 2. The fourth-order valence-electron chi connectivity index (χ4n) is 2.71. The number of carbonyl (C=O) groups excluding carboxylic acids is 1. The van der Waals surface area contributed by atoms with Gasteiger partial charge in [0.1, 0.15) is 0 Å². The summed E-state index contributed by atoms with van der Waals surface area (Å²) in [6.45, 7) is 3.27. The summed E-state index contributed by atoms with van der Waals surface area (Å²) in [7, 11) is 1.39. The SMILES string of the molecule is COC(=O)Cc1ccc(NC(=S)N2CCN(c3ncccn3)CC2)cc1. The van der Waals surface area contributed by atoms with E-state index in [2.05, 4.69) is 29.8 Å². The highest BCUT2D eigenvalue weighted by Crippen LogP contribution is 2.14. The molecule has 2 heterocycles. The number of piperazine rings is 1. The molecule has 8 heteroatoms. The minimum absolute atomic E-state index is 0.249. The number of methoxy groups -OCH3 is 1. The Labute approximate surface area is 158 Å². The summed E-state index contributed by atoms with van der Waals surface area (Å²) in [6, 6.07) is 9.44. The first-order chi connectivity index (χ1) is 12.7. The van der Waals surface area contributed by atoms with Crippen molar-refractivity contribution in [2.45, 2.75) is 6.42 Å². The lowest BCUT2D eigenvalue weighted by Gasteiger charge is -2.36. The Bertz CT molecular complexity index is 746. The number of esters is 1. The molecule has 0 bridgehead atoms. The van der Waals surface area contributed by atoms with Gasteiger partial charge in [-0.2, -0.15) is 0 Å². The van der Waals surface area contributed by atoms with Gasteiger partial charge in [0.15, 0.2) is 5.11 Å². The normalized spacial score (nSPS) is 14.0. The second-order valence-corrected chi connectivity index (χ2v) is 6.29. The Balaban J connectivity index is 1.50. The highest BCUT2D eigenvalue weighted by Gasteiger charge is 2.20. The Hall–Kier alpha value is -2.74. The van der Waals surface area contributed by atoms with Crippen LogP contribution in [0.25, 0.3) is 0 Å². The van der Waals surface area contributed by atoms with Gasteiger partial charge in [-0.15, -0.1) is 0 Å². The van der Waals surface area contributed by atoms with E-state index < -0.39 is 0 Å². The molecule has 2 aromatic rings. The van der Waals surface area contributed by atoms with Crippen molar-refractivity contribution < 1.29 is 9.53 Å². The van der Waals surface area contributed by atoms with E-state index in [0.29, 0.717) is 5.11 Å². The minimum Gasteiger partial charge on any atom is -0.469 e. The van der Waals surface area contributed by atoms with Crippen molar-refractivity contribution in [2.24, 2.45) is 0 Å². The zero-order valence-corrected chi connectivity index (χ0v) is 15.4. The molecule has 136 valence electrons. The summed E-state index contributed by atoms with van der Waals surface area (Å²) in [6.07, 6.45) is 3.78. The highest BCUT2D eigenvalue weighted by molar-refractivity contribution is 7.80. The summed E-state index contributed by atoms with van der Waals surface area (Å²) in [5, 5.41) is 3.95. The van der Waals surface area contributed by atoms with Crippen molar-refractivity contribution in [3.8, 4) is 0 Å².